The number of rotatable bonds is 4. The van der Waals surface area contributed by atoms with E-state index in [1.807, 2.05) is 6.92 Å². The first-order valence-electron chi connectivity index (χ1n) is 5.48. The molecule has 1 aromatic carbocycles. The summed E-state index contributed by atoms with van der Waals surface area (Å²) in [5.41, 5.74) is 0.615. The Bertz CT molecular complexity index is 565. The fourth-order valence-corrected chi connectivity index (χ4v) is 1.70. The molecule has 0 aliphatic rings. The fraction of sp³-hybridized carbons (Fsp3) is 0.154. The van der Waals surface area contributed by atoms with E-state index in [0.717, 1.165) is 0 Å². The molecule has 5 heteroatoms. The van der Waals surface area contributed by atoms with E-state index < -0.39 is 5.97 Å². The molecular formula is C13H12FNO3. The zero-order valence-electron chi connectivity index (χ0n) is 9.76. The molecule has 0 saturated heterocycles. The van der Waals surface area contributed by atoms with Crippen molar-refractivity contribution in [2.24, 2.45) is 0 Å². The van der Waals surface area contributed by atoms with E-state index >= 15 is 0 Å². The standard InChI is InChI=1S/C13H12FNO3/c1-2-15(10-5-3-4-9(14)8-10)12-7-6-11(18-12)13(16)17/h3-8H,2H2,1H3,(H,16,17). The van der Waals surface area contributed by atoms with Crippen molar-refractivity contribution in [3.8, 4) is 0 Å². The lowest BCUT2D eigenvalue weighted by Gasteiger charge is -2.19. The molecule has 0 fully saturated rings. The van der Waals surface area contributed by atoms with Crippen LogP contribution in [0.1, 0.15) is 17.5 Å². The predicted octanol–water partition coefficient (Wildman–Crippen LogP) is 3.27. The van der Waals surface area contributed by atoms with Gasteiger partial charge in [0.1, 0.15) is 5.82 Å². The van der Waals surface area contributed by atoms with Crippen LogP contribution in [0.2, 0.25) is 0 Å². The first kappa shape index (κ1) is 12.2. The van der Waals surface area contributed by atoms with E-state index in [-0.39, 0.29) is 11.6 Å². The summed E-state index contributed by atoms with van der Waals surface area (Å²) in [6.45, 7) is 2.41. The summed E-state index contributed by atoms with van der Waals surface area (Å²) in [6, 6.07) is 8.97. The number of benzene rings is 1. The first-order chi connectivity index (χ1) is 8.61. The van der Waals surface area contributed by atoms with Crippen LogP contribution in [0.15, 0.2) is 40.8 Å². The molecule has 1 aromatic heterocycles. The SMILES string of the molecule is CCN(c1cccc(F)c1)c1ccc(C(=O)O)o1. The van der Waals surface area contributed by atoms with Gasteiger partial charge in [-0.25, -0.2) is 9.18 Å². The molecule has 2 aromatic rings. The summed E-state index contributed by atoms with van der Waals surface area (Å²) in [6.07, 6.45) is 0. The van der Waals surface area contributed by atoms with Gasteiger partial charge in [-0.3, -0.25) is 0 Å². The van der Waals surface area contributed by atoms with Gasteiger partial charge in [0.2, 0.25) is 11.6 Å². The lowest BCUT2D eigenvalue weighted by Crippen LogP contribution is -2.15. The predicted molar refractivity (Wildman–Crippen MR) is 64.7 cm³/mol. The average Bonchev–Trinajstić information content (AvgIpc) is 2.80. The van der Waals surface area contributed by atoms with E-state index in [4.69, 9.17) is 9.52 Å². The van der Waals surface area contributed by atoms with Crippen LogP contribution in [0, 0.1) is 5.82 Å². The number of halogens is 1. The first-order valence-corrected chi connectivity index (χ1v) is 5.48. The number of furan rings is 1. The van der Waals surface area contributed by atoms with Crippen molar-refractivity contribution in [1.82, 2.24) is 0 Å². The van der Waals surface area contributed by atoms with Gasteiger partial charge in [0.15, 0.2) is 0 Å². The normalized spacial score (nSPS) is 10.3. The van der Waals surface area contributed by atoms with Crippen LogP contribution >= 0.6 is 0 Å². The molecule has 18 heavy (non-hydrogen) atoms. The topological polar surface area (TPSA) is 53.7 Å². The number of aromatic carboxylic acids is 1. The van der Waals surface area contributed by atoms with Gasteiger partial charge in [0.05, 0.1) is 0 Å². The second-order valence-corrected chi connectivity index (χ2v) is 3.67. The van der Waals surface area contributed by atoms with Crippen molar-refractivity contribution in [1.29, 1.82) is 0 Å². The molecule has 4 nitrogen and oxygen atoms in total. The van der Waals surface area contributed by atoms with Crippen molar-refractivity contribution < 1.29 is 18.7 Å². The monoisotopic (exact) mass is 249 g/mol. The van der Waals surface area contributed by atoms with Gasteiger partial charge in [-0.15, -0.1) is 0 Å². The quantitative estimate of drug-likeness (QED) is 0.903. The van der Waals surface area contributed by atoms with Crippen LogP contribution < -0.4 is 4.90 Å². The average molecular weight is 249 g/mol. The van der Waals surface area contributed by atoms with E-state index in [1.54, 1.807) is 23.1 Å². The number of nitrogens with zero attached hydrogens (tertiary/aromatic N) is 1. The van der Waals surface area contributed by atoms with Crippen molar-refractivity contribution >= 4 is 17.5 Å². The lowest BCUT2D eigenvalue weighted by molar-refractivity contribution is 0.0663. The van der Waals surface area contributed by atoms with E-state index in [9.17, 15) is 9.18 Å². The van der Waals surface area contributed by atoms with Gasteiger partial charge >= 0.3 is 5.97 Å². The van der Waals surface area contributed by atoms with Crippen molar-refractivity contribution in [3.05, 3.63) is 48.0 Å². The summed E-state index contributed by atoms with van der Waals surface area (Å²) in [7, 11) is 0. The third-order valence-electron chi connectivity index (χ3n) is 2.50. The maximum atomic E-state index is 13.2. The Morgan fingerprint density at radius 1 is 1.39 bits per heavy atom. The van der Waals surface area contributed by atoms with Gasteiger partial charge in [0.25, 0.3) is 0 Å². The molecule has 0 aliphatic heterocycles. The number of hydrogen-bond acceptors (Lipinski definition) is 3. The third-order valence-corrected chi connectivity index (χ3v) is 2.50. The molecule has 0 unspecified atom stereocenters. The maximum Gasteiger partial charge on any atom is 0.371 e. The summed E-state index contributed by atoms with van der Waals surface area (Å²) in [4.78, 5) is 12.4. The highest BCUT2D eigenvalue weighted by molar-refractivity contribution is 5.85. The number of carboxylic acids is 1. The molecular weight excluding hydrogens is 237 g/mol. The number of hydrogen-bond donors (Lipinski definition) is 1. The van der Waals surface area contributed by atoms with Gasteiger partial charge in [0, 0.05) is 18.3 Å². The second-order valence-electron chi connectivity index (χ2n) is 3.67. The van der Waals surface area contributed by atoms with Crippen molar-refractivity contribution in [2.45, 2.75) is 6.92 Å². The Morgan fingerprint density at radius 2 is 2.17 bits per heavy atom. The summed E-state index contributed by atoms with van der Waals surface area (Å²) in [5, 5.41) is 8.80. The lowest BCUT2D eigenvalue weighted by atomic mass is 10.3. The molecule has 0 aliphatic carbocycles. The molecule has 1 heterocycles. The zero-order valence-corrected chi connectivity index (χ0v) is 9.76. The number of anilines is 2. The third kappa shape index (κ3) is 2.34. The van der Waals surface area contributed by atoms with E-state index in [2.05, 4.69) is 0 Å². The Morgan fingerprint density at radius 3 is 2.72 bits per heavy atom. The van der Waals surface area contributed by atoms with Crippen LogP contribution in [0.25, 0.3) is 0 Å². The van der Waals surface area contributed by atoms with E-state index in [0.29, 0.717) is 18.1 Å². The summed E-state index contributed by atoms with van der Waals surface area (Å²) < 4.78 is 18.4. The molecule has 0 radical (unpaired) electrons. The second kappa shape index (κ2) is 4.91. The summed E-state index contributed by atoms with van der Waals surface area (Å²) in [5.74, 6) is -1.24. The highest BCUT2D eigenvalue weighted by Gasteiger charge is 2.15. The van der Waals surface area contributed by atoms with Crippen molar-refractivity contribution in [3.63, 3.8) is 0 Å². The largest absolute Gasteiger partial charge is 0.475 e. The molecule has 0 bridgehead atoms. The summed E-state index contributed by atoms with van der Waals surface area (Å²) >= 11 is 0. The fourth-order valence-electron chi connectivity index (χ4n) is 1.70. The Kier molecular flexibility index (Phi) is 3.32. The Hall–Kier alpha value is -2.30. The molecule has 0 atom stereocenters. The smallest absolute Gasteiger partial charge is 0.371 e. The minimum Gasteiger partial charge on any atom is -0.475 e. The van der Waals surface area contributed by atoms with Crippen LogP contribution in [0.4, 0.5) is 16.0 Å². The minimum atomic E-state index is -1.13. The zero-order chi connectivity index (χ0) is 13.1. The number of carbonyl (C=O) groups is 1. The molecule has 0 spiro atoms. The molecule has 94 valence electrons. The van der Waals surface area contributed by atoms with Gasteiger partial charge in [-0.1, -0.05) is 6.07 Å². The highest BCUT2D eigenvalue weighted by Crippen LogP contribution is 2.27. The van der Waals surface area contributed by atoms with Gasteiger partial charge in [-0.05, 0) is 31.2 Å². The van der Waals surface area contributed by atoms with Crippen LogP contribution in [0.3, 0.4) is 0 Å². The Balaban J connectivity index is 2.35. The van der Waals surface area contributed by atoms with Gasteiger partial charge < -0.3 is 14.4 Å². The minimum absolute atomic E-state index is 0.139. The van der Waals surface area contributed by atoms with Gasteiger partial charge in [-0.2, -0.15) is 0 Å². The molecule has 1 N–H and O–H groups in total. The maximum absolute atomic E-state index is 13.2. The van der Waals surface area contributed by atoms with Crippen molar-refractivity contribution in [2.75, 3.05) is 11.4 Å². The molecule has 0 amide bonds. The highest BCUT2D eigenvalue weighted by atomic mass is 19.1. The molecule has 0 saturated carbocycles. The van der Waals surface area contributed by atoms with Crippen LogP contribution in [-0.4, -0.2) is 17.6 Å². The van der Waals surface area contributed by atoms with Crippen LogP contribution in [0.5, 0.6) is 0 Å². The Labute approximate surface area is 103 Å². The molecule has 2 rings (SSSR count). The van der Waals surface area contributed by atoms with Crippen LogP contribution in [-0.2, 0) is 0 Å². The van der Waals surface area contributed by atoms with E-state index in [1.165, 1.54) is 18.2 Å². The number of carboxylic acid groups (broad SMARTS) is 1.